The summed E-state index contributed by atoms with van der Waals surface area (Å²) in [5.41, 5.74) is 1.57. The summed E-state index contributed by atoms with van der Waals surface area (Å²) in [6.07, 6.45) is 3.27. The van der Waals surface area contributed by atoms with Crippen molar-refractivity contribution in [3.05, 3.63) is 33.9 Å². The van der Waals surface area contributed by atoms with E-state index < -0.39 is 0 Å². The number of nitro groups is 1. The van der Waals surface area contributed by atoms with Gasteiger partial charge in [0, 0.05) is 19.2 Å². The Bertz CT molecular complexity index is 462. The molecule has 0 amide bonds. The maximum Gasteiger partial charge on any atom is 0.292 e. The van der Waals surface area contributed by atoms with Gasteiger partial charge in [-0.15, -0.1) is 0 Å². The largest absolute Gasteiger partial charge is 0.396 e. The highest BCUT2D eigenvalue weighted by Gasteiger charge is 2.26. The molecule has 19 heavy (non-hydrogen) atoms. The highest BCUT2D eigenvalue weighted by atomic mass is 16.6. The van der Waals surface area contributed by atoms with Gasteiger partial charge in [-0.25, -0.2) is 0 Å². The van der Waals surface area contributed by atoms with Crippen molar-refractivity contribution in [3.63, 3.8) is 0 Å². The molecule has 0 spiro atoms. The van der Waals surface area contributed by atoms with Crippen molar-refractivity contribution in [2.24, 2.45) is 11.8 Å². The van der Waals surface area contributed by atoms with E-state index in [1.807, 2.05) is 13.0 Å². The van der Waals surface area contributed by atoms with Crippen LogP contribution in [0.25, 0.3) is 0 Å². The number of nitrogens with zero attached hydrogens (tertiary/aromatic N) is 1. The van der Waals surface area contributed by atoms with E-state index in [-0.39, 0.29) is 17.2 Å². The number of hydrogen-bond acceptors (Lipinski definition) is 4. The van der Waals surface area contributed by atoms with Crippen LogP contribution in [0.2, 0.25) is 0 Å². The van der Waals surface area contributed by atoms with E-state index in [4.69, 9.17) is 0 Å². The molecule has 5 nitrogen and oxygen atoms in total. The van der Waals surface area contributed by atoms with Gasteiger partial charge < -0.3 is 10.4 Å². The zero-order chi connectivity index (χ0) is 13.8. The van der Waals surface area contributed by atoms with E-state index >= 15 is 0 Å². The van der Waals surface area contributed by atoms with Crippen molar-refractivity contribution in [1.82, 2.24) is 0 Å². The molecule has 2 rings (SSSR count). The van der Waals surface area contributed by atoms with E-state index in [2.05, 4.69) is 5.32 Å². The standard InChI is InChI=1S/C14H20N2O3/c1-10-5-6-13(14(7-10)16(18)19)15-8-11-3-2-4-12(11)9-17/h5-7,11-12,15,17H,2-4,8-9H2,1H3. The fourth-order valence-electron chi connectivity index (χ4n) is 2.81. The van der Waals surface area contributed by atoms with Gasteiger partial charge in [-0.1, -0.05) is 12.5 Å². The third kappa shape index (κ3) is 3.23. The molecule has 0 saturated heterocycles. The van der Waals surface area contributed by atoms with E-state index in [0.29, 0.717) is 24.1 Å². The van der Waals surface area contributed by atoms with Gasteiger partial charge in [0.25, 0.3) is 5.69 Å². The molecule has 0 aliphatic heterocycles. The summed E-state index contributed by atoms with van der Waals surface area (Å²) in [4.78, 5) is 10.7. The first-order valence-electron chi connectivity index (χ1n) is 6.71. The molecule has 5 heteroatoms. The van der Waals surface area contributed by atoms with Crippen molar-refractivity contribution in [3.8, 4) is 0 Å². The zero-order valence-electron chi connectivity index (χ0n) is 11.1. The van der Waals surface area contributed by atoms with Crippen molar-refractivity contribution < 1.29 is 10.0 Å². The van der Waals surface area contributed by atoms with E-state index in [9.17, 15) is 15.2 Å². The number of rotatable bonds is 5. The molecule has 0 heterocycles. The number of hydrogen-bond donors (Lipinski definition) is 2. The van der Waals surface area contributed by atoms with Gasteiger partial charge in [0.2, 0.25) is 0 Å². The molecule has 2 unspecified atom stereocenters. The third-order valence-electron chi connectivity index (χ3n) is 3.96. The summed E-state index contributed by atoms with van der Waals surface area (Å²) in [5.74, 6) is 0.739. The fraction of sp³-hybridized carbons (Fsp3) is 0.571. The van der Waals surface area contributed by atoms with Gasteiger partial charge in [0.15, 0.2) is 0 Å². The van der Waals surface area contributed by atoms with Gasteiger partial charge >= 0.3 is 0 Å². The SMILES string of the molecule is Cc1ccc(NCC2CCCC2CO)c([N+](=O)[O-])c1. The molecule has 1 aliphatic rings. The summed E-state index contributed by atoms with van der Waals surface area (Å²) in [6.45, 7) is 2.74. The topological polar surface area (TPSA) is 75.4 Å². The Morgan fingerprint density at radius 1 is 1.42 bits per heavy atom. The lowest BCUT2D eigenvalue weighted by Crippen LogP contribution is -2.21. The van der Waals surface area contributed by atoms with Crippen LogP contribution in [0, 0.1) is 28.9 Å². The summed E-state index contributed by atoms with van der Waals surface area (Å²) >= 11 is 0. The molecule has 2 atom stereocenters. The molecule has 0 bridgehead atoms. The minimum atomic E-state index is -0.354. The molecule has 2 N–H and O–H groups in total. The lowest BCUT2D eigenvalue weighted by atomic mass is 9.97. The summed E-state index contributed by atoms with van der Waals surface area (Å²) in [6, 6.07) is 5.21. The molecule has 1 aromatic carbocycles. The predicted molar refractivity (Wildman–Crippen MR) is 74.2 cm³/mol. The highest BCUT2D eigenvalue weighted by molar-refractivity contribution is 5.62. The smallest absolute Gasteiger partial charge is 0.292 e. The first kappa shape index (κ1) is 13.8. The quantitative estimate of drug-likeness (QED) is 0.633. The number of aliphatic hydroxyl groups excluding tert-OH is 1. The molecule has 0 radical (unpaired) electrons. The Kier molecular flexibility index (Phi) is 4.37. The number of aryl methyl sites for hydroxylation is 1. The molecule has 1 fully saturated rings. The van der Waals surface area contributed by atoms with Crippen molar-refractivity contribution in [2.75, 3.05) is 18.5 Å². The van der Waals surface area contributed by atoms with Gasteiger partial charge in [-0.05, 0) is 43.2 Å². The first-order valence-corrected chi connectivity index (χ1v) is 6.71. The van der Waals surface area contributed by atoms with Gasteiger partial charge in [0.1, 0.15) is 5.69 Å². The van der Waals surface area contributed by atoms with Crippen LogP contribution in [0.1, 0.15) is 24.8 Å². The molecular formula is C14H20N2O3. The summed E-state index contributed by atoms with van der Waals surface area (Å²) < 4.78 is 0. The molecular weight excluding hydrogens is 244 g/mol. The van der Waals surface area contributed by atoms with Crippen LogP contribution in [0.15, 0.2) is 18.2 Å². The minimum absolute atomic E-state index is 0.124. The van der Waals surface area contributed by atoms with Crippen molar-refractivity contribution in [2.45, 2.75) is 26.2 Å². The maximum atomic E-state index is 11.0. The molecule has 0 aromatic heterocycles. The fourth-order valence-corrected chi connectivity index (χ4v) is 2.81. The normalized spacial score (nSPS) is 22.4. The van der Waals surface area contributed by atoms with Gasteiger partial charge in [-0.3, -0.25) is 10.1 Å². The highest BCUT2D eigenvalue weighted by Crippen LogP contribution is 2.32. The predicted octanol–water partition coefficient (Wildman–Crippen LogP) is 2.72. The Hall–Kier alpha value is -1.62. The second-order valence-electron chi connectivity index (χ2n) is 5.29. The minimum Gasteiger partial charge on any atom is -0.396 e. The maximum absolute atomic E-state index is 11.0. The zero-order valence-corrected chi connectivity index (χ0v) is 11.1. The average molecular weight is 264 g/mol. The number of anilines is 1. The molecule has 1 aromatic rings. The van der Waals surface area contributed by atoms with Crippen LogP contribution in [0.4, 0.5) is 11.4 Å². The Morgan fingerprint density at radius 2 is 2.16 bits per heavy atom. The van der Waals surface area contributed by atoms with Gasteiger partial charge in [-0.2, -0.15) is 0 Å². The van der Waals surface area contributed by atoms with E-state index in [1.165, 1.54) is 0 Å². The number of aliphatic hydroxyl groups is 1. The van der Waals surface area contributed by atoms with E-state index in [0.717, 1.165) is 24.8 Å². The second-order valence-corrected chi connectivity index (χ2v) is 5.29. The summed E-state index contributed by atoms with van der Waals surface area (Å²) in [7, 11) is 0. The van der Waals surface area contributed by atoms with Crippen molar-refractivity contribution in [1.29, 1.82) is 0 Å². The lowest BCUT2D eigenvalue weighted by Gasteiger charge is -2.18. The number of nitrogens with one attached hydrogen (secondary N) is 1. The van der Waals surface area contributed by atoms with E-state index in [1.54, 1.807) is 12.1 Å². The first-order chi connectivity index (χ1) is 9.11. The van der Waals surface area contributed by atoms with Crippen LogP contribution in [0.3, 0.4) is 0 Å². The van der Waals surface area contributed by atoms with Crippen LogP contribution < -0.4 is 5.32 Å². The number of benzene rings is 1. The Balaban J connectivity index is 2.05. The molecule has 1 aliphatic carbocycles. The Morgan fingerprint density at radius 3 is 2.84 bits per heavy atom. The van der Waals surface area contributed by atoms with Crippen LogP contribution >= 0.6 is 0 Å². The van der Waals surface area contributed by atoms with Crippen LogP contribution in [0.5, 0.6) is 0 Å². The second kappa shape index (κ2) is 6.02. The van der Waals surface area contributed by atoms with Crippen molar-refractivity contribution >= 4 is 11.4 Å². The number of nitro benzene ring substituents is 1. The molecule has 104 valence electrons. The molecule has 1 saturated carbocycles. The summed E-state index contributed by atoms with van der Waals surface area (Å²) in [5, 5.41) is 23.5. The van der Waals surface area contributed by atoms with Crippen LogP contribution in [-0.2, 0) is 0 Å². The lowest BCUT2D eigenvalue weighted by molar-refractivity contribution is -0.384. The Labute approximate surface area is 112 Å². The third-order valence-corrected chi connectivity index (χ3v) is 3.96. The van der Waals surface area contributed by atoms with Gasteiger partial charge in [0.05, 0.1) is 4.92 Å². The average Bonchev–Trinajstić information content (AvgIpc) is 2.84. The monoisotopic (exact) mass is 264 g/mol. The van der Waals surface area contributed by atoms with Crippen LogP contribution in [-0.4, -0.2) is 23.2 Å².